The molecule has 0 bridgehead atoms. The van der Waals surface area contributed by atoms with Crippen molar-refractivity contribution in [2.45, 2.75) is 32.0 Å². The minimum atomic E-state index is -4.79. The van der Waals surface area contributed by atoms with Gasteiger partial charge in [0.05, 0.1) is 0 Å². The summed E-state index contributed by atoms with van der Waals surface area (Å²) < 4.78 is 38.4. The molecule has 0 N–H and O–H groups in total. The van der Waals surface area contributed by atoms with Crippen molar-refractivity contribution in [1.29, 1.82) is 0 Å². The second-order valence-corrected chi connectivity index (χ2v) is 4.87. The first kappa shape index (κ1) is 14.1. The summed E-state index contributed by atoms with van der Waals surface area (Å²) in [6.45, 7) is 3.53. The fraction of sp³-hybridized carbons (Fsp3) is 0.615. The number of likely N-dealkylation sites (tertiary alicyclic amines) is 1. The normalized spacial score (nSPS) is 17.6. The number of alkyl halides is 3. The number of nitrogens with zero attached hydrogens (tertiary/aromatic N) is 2. The Morgan fingerprint density at radius 2 is 1.84 bits per heavy atom. The van der Waals surface area contributed by atoms with Crippen LogP contribution >= 0.6 is 0 Å². The van der Waals surface area contributed by atoms with E-state index in [9.17, 15) is 18.0 Å². The Bertz CT molecular complexity index is 433. The van der Waals surface area contributed by atoms with Gasteiger partial charge in [-0.15, -0.1) is 0 Å². The molecule has 1 aliphatic heterocycles. The molecule has 1 aromatic rings. The van der Waals surface area contributed by atoms with Crippen LogP contribution in [0.1, 0.15) is 29.6 Å². The van der Waals surface area contributed by atoms with Gasteiger partial charge >= 0.3 is 6.18 Å². The third-order valence-corrected chi connectivity index (χ3v) is 3.39. The molecule has 1 aromatic heterocycles. The van der Waals surface area contributed by atoms with Crippen LogP contribution in [0, 0.1) is 0 Å². The highest BCUT2D eigenvalue weighted by Gasteiger charge is 2.39. The van der Waals surface area contributed by atoms with Gasteiger partial charge in [-0.3, -0.25) is 4.79 Å². The van der Waals surface area contributed by atoms with Crippen molar-refractivity contribution in [3.8, 4) is 0 Å². The summed E-state index contributed by atoms with van der Waals surface area (Å²) in [6.07, 6.45) is 1.64. The Kier molecular flexibility index (Phi) is 4.29. The molecule has 106 valence electrons. The van der Waals surface area contributed by atoms with Crippen molar-refractivity contribution in [2.24, 2.45) is 0 Å². The quantitative estimate of drug-likeness (QED) is 0.789. The van der Waals surface area contributed by atoms with E-state index in [1.807, 2.05) is 0 Å². The first-order chi connectivity index (χ1) is 8.97. The average Bonchev–Trinajstić information content (AvgIpc) is 2.84. The van der Waals surface area contributed by atoms with Crippen LogP contribution in [0.3, 0.4) is 0 Å². The van der Waals surface area contributed by atoms with Crippen LogP contribution in [0.25, 0.3) is 0 Å². The molecule has 19 heavy (non-hydrogen) atoms. The summed E-state index contributed by atoms with van der Waals surface area (Å²) in [7, 11) is 0. The standard InChI is InChI=1S/C13H17F3N2O/c14-13(15,16)12(19)11-4-7-18(10-11)9-8-17-5-2-1-3-6-17/h4,7,10H,1-3,5-6,8-9H2. The third-order valence-electron chi connectivity index (χ3n) is 3.39. The van der Waals surface area contributed by atoms with E-state index in [1.54, 1.807) is 4.57 Å². The number of halogens is 3. The second kappa shape index (κ2) is 5.77. The zero-order valence-electron chi connectivity index (χ0n) is 10.6. The Balaban J connectivity index is 1.88. The van der Waals surface area contributed by atoms with E-state index >= 15 is 0 Å². The topological polar surface area (TPSA) is 25.2 Å². The van der Waals surface area contributed by atoms with Crippen molar-refractivity contribution in [3.63, 3.8) is 0 Å². The summed E-state index contributed by atoms with van der Waals surface area (Å²) in [5.74, 6) is -1.77. The highest BCUT2D eigenvalue weighted by atomic mass is 19.4. The van der Waals surface area contributed by atoms with Crippen molar-refractivity contribution in [3.05, 3.63) is 24.0 Å². The van der Waals surface area contributed by atoms with Gasteiger partial charge in [-0.2, -0.15) is 13.2 Å². The molecule has 6 heteroatoms. The second-order valence-electron chi connectivity index (χ2n) is 4.87. The van der Waals surface area contributed by atoms with Gasteiger partial charge in [0.25, 0.3) is 5.78 Å². The Morgan fingerprint density at radius 1 is 1.16 bits per heavy atom. The number of piperidine rings is 1. The number of rotatable bonds is 4. The van der Waals surface area contributed by atoms with E-state index in [2.05, 4.69) is 4.90 Å². The predicted octanol–water partition coefficient (Wildman–Crippen LogP) is 2.72. The van der Waals surface area contributed by atoms with Gasteiger partial charge in [0.2, 0.25) is 0 Å². The van der Waals surface area contributed by atoms with Crippen LogP contribution in [0.5, 0.6) is 0 Å². The smallest absolute Gasteiger partial charge is 0.352 e. The van der Waals surface area contributed by atoms with Crippen molar-refractivity contribution >= 4 is 5.78 Å². The summed E-state index contributed by atoms with van der Waals surface area (Å²) >= 11 is 0. The zero-order valence-corrected chi connectivity index (χ0v) is 10.6. The lowest BCUT2D eigenvalue weighted by Crippen LogP contribution is -2.32. The molecule has 0 spiro atoms. The van der Waals surface area contributed by atoms with Crippen LogP contribution in [0.2, 0.25) is 0 Å². The maximum atomic E-state index is 12.3. The first-order valence-corrected chi connectivity index (χ1v) is 6.46. The molecule has 0 aromatic carbocycles. The molecule has 0 atom stereocenters. The summed E-state index contributed by atoms with van der Waals surface area (Å²) in [4.78, 5) is 13.3. The average molecular weight is 274 g/mol. The van der Waals surface area contributed by atoms with Crippen LogP contribution in [0.15, 0.2) is 18.5 Å². The Morgan fingerprint density at radius 3 is 2.47 bits per heavy atom. The minimum absolute atomic E-state index is 0.286. The number of Topliss-reactive ketones (excluding diaryl/α,β-unsaturated/α-hetero) is 1. The van der Waals surface area contributed by atoms with Crippen LogP contribution in [0.4, 0.5) is 13.2 Å². The highest BCUT2D eigenvalue weighted by Crippen LogP contribution is 2.21. The lowest BCUT2D eigenvalue weighted by atomic mass is 10.1. The molecule has 0 amide bonds. The molecule has 0 radical (unpaired) electrons. The van der Waals surface area contributed by atoms with Gasteiger partial charge in [0.1, 0.15) is 0 Å². The predicted molar refractivity (Wildman–Crippen MR) is 65.1 cm³/mol. The number of hydrogen-bond donors (Lipinski definition) is 0. The van der Waals surface area contributed by atoms with E-state index in [-0.39, 0.29) is 5.56 Å². The monoisotopic (exact) mass is 274 g/mol. The fourth-order valence-corrected chi connectivity index (χ4v) is 2.32. The van der Waals surface area contributed by atoms with Gasteiger partial charge < -0.3 is 9.47 Å². The van der Waals surface area contributed by atoms with E-state index in [4.69, 9.17) is 0 Å². The number of carbonyl (C=O) groups excluding carboxylic acids is 1. The lowest BCUT2D eigenvalue weighted by Gasteiger charge is -2.26. The van der Waals surface area contributed by atoms with Crippen molar-refractivity contribution in [1.82, 2.24) is 9.47 Å². The van der Waals surface area contributed by atoms with Gasteiger partial charge in [-0.05, 0) is 32.0 Å². The fourth-order valence-electron chi connectivity index (χ4n) is 2.32. The van der Waals surface area contributed by atoms with Crippen molar-refractivity contribution in [2.75, 3.05) is 19.6 Å². The van der Waals surface area contributed by atoms with Crippen molar-refractivity contribution < 1.29 is 18.0 Å². The van der Waals surface area contributed by atoms with Gasteiger partial charge in [-0.25, -0.2) is 0 Å². The van der Waals surface area contributed by atoms with E-state index in [1.165, 1.54) is 37.7 Å². The molecule has 3 nitrogen and oxygen atoms in total. The molecule has 0 saturated carbocycles. The number of hydrogen-bond acceptors (Lipinski definition) is 2. The molecule has 2 rings (SSSR count). The number of ketones is 1. The molecule has 0 unspecified atom stereocenters. The van der Waals surface area contributed by atoms with Crippen LogP contribution in [-0.4, -0.2) is 41.1 Å². The molecule has 1 saturated heterocycles. The summed E-state index contributed by atoms with van der Waals surface area (Å²) in [5, 5.41) is 0. The molecular weight excluding hydrogens is 257 g/mol. The number of carbonyl (C=O) groups is 1. The van der Waals surface area contributed by atoms with Gasteiger partial charge in [0, 0.05) is 31.0 Å². The lowest BCUT2D eigenvalue weighted by molar-refractivity contribution is -0.0885. The first-order valence-electron chi connectivity index (χ1n) is 6.46. The molecule has 2 heterocycles. The SMILES string of the molecule is O=C(c1ccn(CCN2CCCCC2)c1)C(F)(F)F. The van der Waals surface area contributed by atoms with Crippen LogP contribution in [-0.2, 0) is 6.54 Å². The van der Waals surface area contributed by atoms with Gasteiger partial charge in [0.15, 0.2) is 0 Å². The maximum absolute atomic E-state index is 12.3. The zero-order chi connectivity index (χ0) is 13.9. The largest absolute Gasteiger partial charge is 0.454 e. The van der Waals surface area contributed by atoms with E-state index in [0.29, 0.717) is 6.54 Å². The molecular formula is C13H17F3N2O. The molecule has 0 aliphatic carbocycles. The minimum Gasteiger partial charge on any atom is -0.352 e. The van der Waals surface area contributed by atoms with Gasteiger partial charge in [-0.1, -0.05) is 6.42 Å². The molecule has 1 aliphatic rings. The van der Waals surface area contributed by atoms with E-state index in [0.717, 1.165) is 19.6 Å². The maximum Gasteiger partial charge on any atom is 0.454 e. The van der Waals surface area contributed by atoms with Crippen LogP contribution < -0.4 is 0 Å². The number of aromatic nitrogens is 1. The Hall–Kier alpha value is -1.30. The third kappa shape index (κ3) is 3.83. The van der Waals surface area contributed by atoms with E-state index < -0.39 is 12.0 Å². The highest BCUT2D eigenvalue weighted by molar-refractivity contribution is 6.00. The summed E-state index contributed by atoms with van der Waals surface area (Å²) in [5.41, 5.74) is -0.286. The molecule has 1 fully saturated rings. The Labute approximate surface area is 110 Å². The summed E-state index contributed by atoms with van der Waals surface area (Å²) in [6, 6.07) is 1.23.